The van der Waals surface area contributed by atoms with Crippen molar-refractivity contribution in [3.63, 3.8) is 0 Å². The standard InChI is InChI=1S/C16H23N3O2/c1-2-21-14(12-5-3-4-6-12)16(20)19-15-13(11-7-8-11)17-9-10-18-15/h9-12,14H,2-8H2,1H3,(H,18,19,20). The zero-order valence-electron chi connectivity index (χ0n) is 12.5. The number of carbonyl (C=O) groups is 1. The third kappa shape index (κ3) is 3.40. The van der Waals surface area contributed by atoms with Gasteiger partial charge in [0.2, 0.25) is 0 Å². The lowest BCUT2D eigenvalue weighted by atomic mass is 10.00. The van der Waals surface area contributed by atoms with Crippen molar-refractivity contribution in [2.24, 2.45) is 5.92 Å². The number of anilines is 1. The van der Waals surface area contributed by atoms with E-state index >= 15 is 0 Å². The molecule has 114 valence electrons. The molecule has 2 aliphatic carbocycles. The molecule has 3 rings (SSSR count). The molecule has 2 saturated carbocycles. The highest BCUT2D eigenvalue weighted by atomic mass is 16.5. The smallest absolute Gasteiger partial charge is 0.254 e. The summed E-state index contributed by atoms with van der Waals surface area (Å²) in [6.07, 6.45) is 9.79. The van der Waals surface area contributed by atoms with Crippen molar-refractivity contribution in [3.05, 3.63) is 18.1 Å². The summed E-state index contributed by atoms with van der Waals surface area (Å²) in [5.41, 5.74) is 0.924. The molecular formula is C16H23N3O2. The molecule has 1 aromatic heterocycles. The van der Waals surface area contributed by atoms with E-state index < -0.39 is 0 Å². The van der Waals surface area contributed by atoms with Gasteiger partial charge in [0.1, 0.15) is 6.10 Å². The topological polar surface area (TPSA) is 64.1 Å². The largest absolute Gasteiger partial charge is 0.368 e. The van der Waals surface area contributed by atoms with E-state index in [1.807, 2.05) is 6.92 Å². The molecule has 5 nitrogen and oxygen atoms in total. The summed E-state index contributed by atoms with van der Waals surface area (Å²) >= 11 is 0. The first-order chi connectivity index (χ1) is 10.3. The molecule has 0 radical (unpaired) electrons. The van der Waals surface area contributed by atoms with Crippen LogP contribution in [0.4, 0.5) is 5.82 Å². The van der Waals surface area contributed by atoms with Crippen LogP contribution in [-0.4, -0.2) is 28.6 Å². The molecule has 5 heteroatoms. The summed E-state index contributed by atoms with van der Waals surface area (Å²) in [5.74, 6) is 1.36. The highest BCUT2D eigenvalue weighted by Crippen LogP contribution is 2.41. The highest BCUT2D eigenvalue weighted by molar-refractivity contribution is 5.94. The molecule has 2 fully saturated rings. The van der Waals surface area contributed by atoms with Crippen molar-refractivity contribution in [1.82, 2.24) is 9.97 Å². The predicted octanol–water partition coefficient (Wildman–Crippen LogP) is 2.89. The van der Waals surface area contributed by atoms with Gasteiger partial charge in [-0.3, -0.25) is 9.78 Å². The molecule has 0 aromatic carbocycles. The average Bonchev–Trinajstić information content (AvgIpc) is 3.20. The molecule has 1 aromatic rings. The van der Waals surface area contributed by atoms with Gasteiger partial charge in [0.25, 0.3) is 5.91 Å². The number of amides is 1. The van der Waals surface area contributed by atoms with Gasteiger partial charge in [-0.15, -0.1) is 0 Å². The Morgan fingerprint density at radius 2 is 2.00 bits per heavy atom. The quantitative estimate of drug-likeness (QED) is 0.874. The van der Waals surface area contributed by atoms with E-state index in [4.69, 9.17) is 4.74 Å². The maximum atomic E-state index is 12.6. The monoisotopic (exact) mass is 289 g/mol. The number of rotatable bonds is 6. The minimum Gasteiger partial charge on any atom is -0.368 e. The van der Waals surface area contributed by atoms with Crippen LogP contribution in [0.15, 0.2) is 12.4 Å². The van der Waals surface area contributed by atoms with Gasteiger partial charge in [-0.05, 0) is 38.5 Å². The summed E-state index contributed by atoms with van der Waals surface area (Å²) in [4.78, 5) is 21.3. The van der Waals surface area contributed by atoms with Crippen LogP contribution in [0.25, 0.3) is 0 Å². The Labute approximate surface area is 125 Å². The van der Waals surface area contributed by atoms with Crippen LogP contribution < -0.4 is 5.32 Å². The van der Waals surface area contributed by atoms with E-state index in [-0.39, 0.29) is 12.0 Å². The Kier molecular flexibility index (Phi) is 4.48. The first kappa shape index (κ1) is 14.4. The Hall–Kier alpha value is -1.49. The number of nitrogens with one attached hydrogen (secondary N) is 1. The van der Waals surface area contributed by atoms with E-state index in [0.29, 0.717) is 24.3 Å². The van der Waals surface area contributed by atoms with Crippen molar-refractivity contribution >= 4 is 11.7 Å². The molecule has 1 heterocycles. The number of hydrogen-bond acceptors (Lipinski definition) is 4. The second-order valence-electron chi connectivity index (χ2n) is 5.97. The van der Waals surface area contributed by atoms with Crippen molar-refractivity contribution < 1.29 is 9.53 Å². The Morgan fingerprint density at radius 1 is 1.29 bits per heavy atom. The maximum Gasteiger partial charge on any atom is 0.254 e. The van der Waals surface area contributed by atoms with Crippen LogP contribution >= 0.6 is 0 Å². The molecule has 1 atom stereocenters. The highest BCUT2D eigenvalue weighted by Gasteiger charge is 2.33. The number of carbonyl (C=O) groups excluding carboxylic acids is 1. The molecule has 0 bridgehead atoms. The Bertz CT molecular complexity index is 496. The number of aromatic nitrogens is 2. The summed E-state index contributed by atoms with van der Waals surface area (Å²) < 4.78 is 5.72. The van der Waals surface area contributed by atoms with E-state index in [9.17, 15) is 4.79 Å². The van der Waals surface area contributed by atoms with Gasteiger partial charge in [-0.1, -0.05) is 12.8 Å². The fourth-order valence-corrected chi connectivity index (χ4v) is 3.15. The molecule has 0 saturated heterocycles. The minimum absolute atomic E-state index is 0.0637. The SMILES string of the molecule is CCOC(C(=O)Nc1nccnc1C1CC1)C1CCCC1. The second kappa shape index (κ2) is 6.52. The van der Waals surface area contributed by atoms with Crippen LogP contribution in [-0.2, 0) is 9.53 Å². The maximum absolute atomic E-state index is 12.6. The van der Waals surface area contributed by atoms with E-state index in [2.05, 4.69) is 15.3 Å². The third-order valence-electron chi connectivity index (χ3n) is 4.36. The number of nitrogens with zero attached hydrogens (tertiary/aromatic N) is 2. The van der Waals surface area contributed by atoms with Gasteiger partial charge in [0.15, 0.2) is 5.82 Å². The zero-order valence-corrected chi connectivity index (χ0v) is 12.5. The van der Waals surface area contributed by atoms with Crippen molar-refractivity contribution in [2.75, 3.05) is 11.9 Å². The zero-order chi connectivity index (χ0) is 14.7. The third-order valence-corrected chi connectivity index (χ3v) is 4.36. The van der Waals surface area contributed by atoms with Crippen molar-refractivity contribution in [2.45, 2.75) is 57.5 Å². The lowest BCUT2D eigenvalue weighted by Crippen LogP contribution is -2.36. The molecule has 1 unspecified atom stereocenters. The van der Waals surface area contributed by atoms with Crippen LogP contribution in [0.5, 0.6) is 0 Å². The molecule has 1 amide bonds. The Balaban J connectivity index is 1.71. The first-order valence-corrected chi connectivity index (χ1v) is 8.03. The van der Waals surface area contributed by atoms with E-state index in [1.165, 1.54) is 12.8 Å². The van der Waals surface area contributed by atoms with Crippen molar-refractivity contribution in [3.8, 4) is 0 Å². The molecule has 0 aliphatic heterocycles. The van der Waals surface area contributed by atoms with E-state index in [0.717, 1.165) is 31.4 Å². The molecule has 0 spiro atoms. The van der Waals surface area contributed by atoms with Gasteiger partial charge in [0.05, 0.1) is 5.69 Å². The van der Waals surface area contributed by atoms with Gasteiger partial charge < -0.3 is 10.1 Å². The molecule has 1 N–H and O–H groups in total. The predicted molar refractivity (Wildman–Crippen MR) is 80.0 cm³/mol. The summed E-state index contributed by atoms with van der Waals surface area (Å²) in [6, 6.07) is 0. The Morgan fingerprint density at radius 3 is 2.67 bits per heavy atom. The summed E-state index contributed by atoms with van der Waals surface area (Å²) in [5, 5.41) is 2.96. The van der Waals surface area contributed by atoms with Gasteiger partial charge in [-0.25, -0.2) is 4.98 Å². The molecule has 21 heavy (non-hydrogen) atoms. The van der Waals surface area contributed by atoms with E-state index in [1.54, 1.807) is 12.4 Å². The van der Waals surface area contributed by atoms with Gasteiger partial charge in [-0.2, -0.15) is 0 Å². The summed E-state index contributed by atoms with van der Waals surface area (Å²) in [7, 11) is 0. The lowest BCUT2D eigenvalue weighted by Gasteiger charge is -2.22. The molecular weight excluding hydrogens is 266 g/mol. The molecule has 2 aliphatic rings. The fourth-order valence-electron chi connectivity index (χ4n) is 3.15. The first-order valence-electron chi connectivity index (χ1n) is 8.03. The van der Waals surface area contributed by atoms with Crippen LogP contribution in [0.1, 0.15) is 57.1 Å². The number of ether oxygens (including phenoxy) is 1. The van der Waals surface area contributed by atoms with Gasteiger partial charge in [0, 0.05) is 24.9 Å². The van der Waals surface area contributed by atoms with Crippen molar-refractivity contribution in [1.29, 1.82) is 0 Å². The second-order valence-corrected chi connectivity index (χ2v) is 5.97. The van der Waals surface area contributed by atoms with Crippen LogP contribution in [0.2, 0.25) is 0 Å². The fraction of sp³-hybridized carbons (Fsp3) is 0.688. The van der Waals surface area contributed by atoms with Crippen LogP contribution in [0.3, 0.4) is 0 Å². The average molecular weight is 289 g/mol. The van der Waals surface area contributed by atoms with Gasteiger partial charge >= 0.3 is 0 Å². The minimum atomic E-state index is -0.355. The van der Waals surface area contributed by atoms with Crippen LogP contribution in [0, 0.1) is 5.92 Å². The normalized spacial score (nSPS) is 20.4. The number of hydrogen-bond donors (Lipinski definition) is 1. The summed E-state index contributed by atoms with van der Waals surface area (Å²) in [6.45, 7) is 2.50. The lowest BCUT2D eigenvalue weighted by molar-refractivity contribution is -0.130.